The van der Waals surface area contributed by atoms with Crippen molar-refractivity contribution in [2.75, 3.05) is 19.5 Å². The third-order valence-corrected chi connectivity index (χ3v) is 6.81. The molecule has 0 spiro atoms. The first kappa shape index (κ1) is 20.9. The molecule has 2 aliphatic rings. The fourth-order valence-corrected chi connectivity index (χ4v) is 5.49. The molecule has 0 saturated carbocycles. The van der Waals surface area contributed by atoms with Gasteiger partial charge in [-0.15, -0.1) is 0 Å². The molecule has 0 radical (unpaired) electrons. The summed E-state index contributed by atoms with van der Waals surface area (Å²) in [6.07, 6.45) is 1.36. The van der Waals surface area contributed by atoms with E-state index in [4.69, 9.17) is 21.1 Å². The summed E-state index contributed by atoms with van der Waals surface area (Å²) in [5, 5.41) is 6.44. The maximum absolute atomic E-state index is 13.5. The second-order valence-corrected chi connectivity index (χ2v) is 9.77. The van der Waals surface area contributed by atoms with Crippen LogP contribution in [0.1, 0.15) is 43.9 Å². The number of nitrogens with one attached hydrogen (secondary N) is 1. The van der Waals surface area contributed by atoms with Crippen molar-refractivity contribution in [3.05, 3.63) is 70.3 Å². The minimum Gasteiger partial charge on any atom is -0.493 e. The molecule has 32 heavy (non-hydrogen) atoms. The molecule has 3 aromatic rings. The first-order chi connectivity index (χ1) is 15.3. The molecule has 0 amide bonds. The molecule has 3 aromatic carbocycles. The van der Waals surface area contributed by atoms with Gasteiger partial charge in [0, 0.05) is 23.2 Å². The van der Waals surface area contributed by atoms with Crippen LogP contribution in [0.4, 0.5) is 5.69 Å². The van der Waals surface area contributed by atoms with E-state index in [0.29, 0.717) is 22.9 Å². The number of methoxy groups -OCH3 is 2. The van der Waals surface area contributed by atoms with Crippen LogP contribution >= 0.6 is 11.6 Å². The summed E-state index contributed by atoms with van der Waals surface area (Å²) >= 11 is 6.53. The Morgan fingerprint density at radius 2 is 1.81 bits per heavy atom. The number of carbonyl (C=O) groups excluding carboxylic acids is 1. The Labute approximate surface area is 193 Å². The molecule has 1 atom stereocenters. The lowest BCUT2D eigenvalue weighted by Crippen LogP contribution is -2.33. The van der Waals surface area contributed by atoms with Gasteiger partial charge in [0.1, 0.15) is 0 Å². The van der Waals surface area contributed by atoms with Gasteiger partial charge in [-0.25, -0.2) is 0 Å². The fraction of sp³-hybridized carbons (Fsp3) is 0.296. The van der Waals surface area contributed by atoms with Gasteiger partial charge in [0.2, 0.25) is 0 Å². The van der Waals surface area contributed by atoms with Crippen molar-refractivity contribution in [3.63, 3.8) is 0 Å². The number of Topliss-reactive ketones (excluding diaryl/α,β-unsaturated/α-hetero) is 1. The van der Waals surface area contributed by atoms with Gasteiger partial charge in [-0.05, 0) is 51.9 Å². The summed E-state index contributed by atoms with van der Waals surface area (Å²) in [6.45, 7) is 4.34. The number of halogens is 1. The SMILES string of the molecule is COc1cc([C@@H]2Nc3ccc4ccccc4c3C3=C2C(=O)CC(C)(C)C3)cc(Cl)c1OC. The summed E-state index contributed by atoms with van der Waals surface area (Å²) in [6, 6.07) is 16.1. The maximum atomic E-state index is 13.5. The topological polar surface area (TPSA) is 47.6 Å². The number of fused-ring (bicyclic) bond motifs is 4. The van der Waals surface area contributed by atoms with E-state index in [2.05, 4.69) is 49.5 Å². The minimum atomic E-state index is -0.306. The smallest absolute Gasteiger partial charge is 0.179 e. The molecular formula is C27H26ClNO3. The van der Waals surface area contributed by atoms with Crippen molar-refractivity contribution in [1.29, 1.82) is 0 Å². The van der Waals surface area contributed by atoms with Crippen molar-refractivity contribution in [2.45, 2.75) is 32.7 Å². The summed E-state index contributed by atoms with van der Waals surface area (Å²) < 4.78 is 10.9. The summed E-state index contributed by atoms with van der Waals surface area (Å²) in [4.78, 5) is 13.5. The third kappa shape index (κ3) is 3.25. The van der Waals surface area contributed by atoms with Crippen molar-refractivity contribution in [1.82, 2.24) is 0 Å². The van der Waals surface area contributed by atoms with Crippen molar-refractivity contribution in [3.8, 4) is 11.5 Å². The molecule has 1 N–H and O–H groups in total. The third-order valence-electron chi connectivity index (χ3n) is 6.53. The zero-order valence-corrected chi connectivity index (χ0v) is 19.5. The molecule has 5 heteroatoms. The largest absolute Gasteiger partial charge is 0.493 e. The Balaban J connectivity index is 1.78. The van der Waals surface area contributed by atoms with Gasteiger partial charge in [-0.1, -0.05) is 55.8 Å². The van der Waals surface area contributed by atoms with Crippen LogP contribution in [-0.4, -0.2) is 20.0 Å². The average Bonchev–Trinajstić information content (AvgIpc) is 2.76. The van der Waals surface area contributed by atoms with Crippen molar-refractivity contribution < 1.29 is 14.3 Å². The van der Waals surface area contributed by atoms with Crippen LogP contribution in [0.25, 0.3) is 16.3 Å². The van der Waals surface area contributed by atoms with E-state index in [1.165, 1.54) is 10.8 Å². The summed E-state index contributed by atoms with van der Waals surface area (Å²) in [7, 11) is 3.16. The molecule has 0 bridgehead atoms. The Bertz CT molecular complexity index is 1290. The first-order valence-corrected chi connectivity index (χ1v) is 11.2. The van der Waals surface area contributed by atoms with Crippen molar-refractivity contribution in [2.24, 2.45) is 5.41 Å². The average molecular weight is 448 g/mol. The molecule has 164 valence electrons. The zero-order valence-electron chi connectivity index (χ0n) is 18.7. The van der Waals surface area contributed by atoms with Crippen LogP contribution in [0.15, 0.2) is 54.1 Å². The highest BCUT2D eigenvalue weighted by molar-refractivity contribution is 6.32. The second kappa shape index (κ2) is 7.56. The molecule has 4 nitrogen and oxygen atoms in total. The highest BCUT2D eigenvalue weighted by atomic mass is 35.5. The molecule has 0 fully saturated rings. The maximum Gasteiger partial charge on any atom is 0.179 e. The number of hydrogen-bond donors (Lipinski definition) is 1. The van der Waals surface area contributed by atoms with Gasteiger partial charge < -0.3 is 14.8 Å². The van der Waals surface area contributed by atoms with E-state index >= 15 is 0 Å². The number of anilines is 1. The van der Waals surface area contributed by atoms with Crippen molar-refractivity contribution >= 4 is 39.4 Å². The Hall–Kier alpha value is -2.98. The lowest BCUT2D eigenvalue weighted by Gasteiger charge is -2.40. The predicted molar refractivity (Wildman–Crippen MR) is 130 cm³/mol. The van der Waals surface area contributed by atoms with E-state index in [-0.39, 0.29) is 17.2 Å². The number of ketones is 1. The highest BCUT2D eigenvalue weighted by Gasteiger charge is 2.41. The lowest BCUT2D eigenvalue weighted by molar-refractivity contribution is -0.118. The van der Waals surface area contributed by atoms with Crippen LogP contribution in [0.3, 0.4) is 0 Å². The molecule has 0 aromatic heterocycles. The molecule has 1 aliphatic heterocycles. The molecule has 1 aliphatic carbocycles. The number of rotatable bonds is 3. The normalized spacial score (nSPS) is 19.3. The van der Waals surface area contributed by atoms with E-state index in [9.17, 15) is 4.79 Å². The Morgan fingerprint density at radius 1 is 1.03 bits per heavy atom. The van der Waals surface area contributed by atoms with Gasteiger partial charge in [0.05, 0.1) is 25.3 Å². The monoisotopic (exact) mass is 447 g/mol. The van der Waals surface area contributed by atoms with Gasteiger partial charge in [0.15, 0.2) is 17.3 Å². The van der Waals surface area contributed by atoms with E-state index in [0.717, 1.165) is 34.4 Å². The number of allylic oxidation sites excluding steroid dienone is 1. The number of hydrogen-bond acceptors (Lipinski definition) is 4. The van der Waals surface area contributed by atoms with E-state index < -0.39 is 0 Å². The van der Waals surface area contributed by atoms with Gasteiger partial charge in [-0.2, -0.15) is 0 Å². The number of carbonyl (C=O) groups is 1. The van der Waals surface area contributed by atoms with Gasteiger partial charge in [0.25, 0.3) is 0 Å². The summed E-state index contributed by atoms with van der Waals surface area (Å²) in [5.41, 5.74) is 4.92. The molecule has 0 saturated heterocycles. The molecule has 1 heterocycles. The van der Waals surface area contributed by atoms with E-state index in [1.54, 1.807) is 14.2 Å². The van der Waals surface area contributed by atoms with Crippen LogP contribution in [0.2, 0.25) is 5.02 Å². The minimum absolute atomic E-state index is 0.0960. The predicted octanol–water partition coefficient (Wildman–Crippen LogP) is 6.82. The van der Waals surface area contributed by atoms with Crippen LogP contribution in [-0.2, 0) is 4.79 Å². The number of benzene rings is 3. The zero-order chi connectivity index (χ0) is 22.6. The Morgan fingerprint density at radius 3 is 2.56 bits per heavy atom. The van der Waals surface area contributed by atoms with E-state index in [1.807, 2.05) is 18.2 Å². The van der Waals surface area contributed by atoms with Crippen LogP contribution in [0.5, 0.6) is 11.5 Å². The Kier molecular flexibility index (Phi) is 4.94. The van der Waals surface area contributed by atoms with Crippen LogP contribution in [0, 0.1) is 5.41 Å². The first-order valence-electron chi connectivity index (χ1n) is 10.8. The standard InChI is InChI=1S/C27H26ClNO3/c1-27(2)13-18-23-17-8-6-5-7-15(17)9-10-20(23)29-25(24(18)21(30)14-27)16-11-19(28)26(32-4)22(12-16)31-3/h5-12,25,29H,13-14H2,1-4H3/t25-/m0/s1. The molecule has 5 rings (SSSR count). The molecular weight excluding hydrogens is 422 g/mol. The second-order valence-electron chi connectivity index (χ2n) is 9.36. The lowest BCUT2D eigenvalue weighted by atomic mass is 9.68. The van der Waals surface area contributed by atoms with Gasteiger partial charge >= 0.3 is 0 Å². The number of ether oxygens (including phenoxy) is 2. The fourth-order valence-electron chi connectivity index (χ4n) is 5.19. The highest BCUT2D eigenvalue weighted by Crippen LogP contribution is 2.52. The van der Waals surface area contributed by atoms with Gasteiger partial charge in [-0.3, -0.25) is 4.79 Å². The van der Waals surface area contributed by atoms with Crippen LogP contribution < -0.4 is 14.8 Å². The molecule has 0 unspecified atom stereocenters. The summed E-state index contributed by atoms with van der Waals surface area (Å²) in [5.74, 6) is 1.22. The quantitative estimate of drug-likeness (QED) is 0.478.